The topological polar surface area (TPSA) is 64.3 Å². The molecule has 0 aliphatic carbocycles. The van der Waals surface area contributed by atoms with E-state index in [9.17, 15) is 9.18 Å². The standard InChI is InChI=1S/C15H21FN2O2/c1-9-4-5-11(6-12(9)16)10(2)18-14(19)15(3)8-20-7-13(15)17/h4-6,10,13H,7-8,17H2,1-3H3,(H,18,19). The van der Waals surface area contributed by atoms with E-state index in [0.29, 0.717) is 18.8 Å². The van der Waals surface area contributed by atoms with Crippen molar-refractivity contribution in [2.24, 2.45) is 11.1 Å². The third-order valence-electron chi connectivity index (χ3n) is 4.08. The summed E-state index contributed by atoms with van der Waals surface area (Å²) < 4.78 is 18.8. The molecular weight excluding hydrogens is 259 g/mol. The summed E-state index contributed by atoms with van der Waals surface area (Å²) in [5.41, 5.74) is 6.52. The summed E-state index contributed by atoms with van der Waals surface area (Å²) in [4.78, 5) is 12.3. The Balaban J connectivity index is 2.09. The van der Waals surface area contributed by atoms with Crippen LogP contribution >= 0.6 is 0 Å². The van der Waals surface area contributed by atoms with E-state index in [-0.39, 0.29) is 23.8 Å². The van der Waals surface area contributed by atoms with Crippen LogP contribution in [0.25, 0.3) is 0 Å². The first-order valence-corrected chi connectivity index (χ1v) is 6.75. The van der Waals surface area contributed by atoms with Gasteiger partial charge in [0.15, 0.2) is 0 Å². The van der Waals surface area contributed by atoms with Gasteiger partial charge in [0.2, 0.25) is 5.91 Å². The lowest BCUT2D eigenvalue weighted by Gasteiger charge is -2.27. The van der Waals surface area contributed by atoms with Crippen molar-refractivity contribution in [1.29, 1.82) is 0 Å². The van der Waals surface area contributed by atoms with Gasteiger partial charge in [0.05, 0.1) is 24.7 Å². The van der Waals surface area contributed by atoms with Gasteiger partial charge in [-0.15, -0.1) is 0 Å². The second-order valence-corrected chi connectivity index (χ2v) is 5.74. The van der Waals surface area contributed by atoms with Crippen LogP contribution in [0.4, 0.5) is 4.39 Å². The molecule has 1 aromatic carbocycles. The molecule has 1 aliphatic heterocycles. The summed E-state index contributed by atoms with van der Waals surface area (Å²) in [5, 5.41) is 2.89. The highest BCUT2D eigenvalue weighted by Crippen LogP contribution is 2.28. The van der Waals surface area contributed by atoms with Crippen molar-refractivity contribution >= 4 is 5.91 Å². The summed E-state index contributed by atoms with van der Waals surface area (Å²) in [6.45, 7) is 6.03. The van der Waals surface area contributed by atoms with E-state index < -0.39 is 5.41 Å². The summed E-state index contributed by atoms with van der Waals surface area (Å²) in [6.07, 6.45) is 0. The van der Waals surface area contributed by atoms with Crippen LogP contribution in [0.15, 0.2) is 18.2 Å². The van der Waals surface area contributed by atoms with E-state index in [4.69, 9.17) is 10.5 Å². The number of hydrogen-bond acceptors (Lipinski definition) is 3. The number of rotatable bonds is 3. The quantitative estimate of drug-likeness (QED) is 0.885. The van der Waals surface area contributed by atoms with Gasteiger partial charge in [-0.2, -0.15) is 0 Å². The SMILES string of the molecule is Cc1ccc(C(C)NC(=O)C2(C)COCC2N)cc1F. The van der Waals surface area contributed by atoms with Crippen molar-refractivity contribution in [3.05, 3.63) is 35.1 Å². The Bertz CT molecular complexity index is 521. The van der Waals surface area contributed by atoms with Crippen molar-refractivity contribution in [1.82, 2.24) is 5.32 Å². The van der Waals surface area contributed by atoms with Crippen LogP contribution in [0.3, 0.4) is 0 Å². The fraction of sp³-hybridized carbons (Fsp3) is 0.533. The molecule has 20 heavy (non-hydrogen) atoms. The van der Waals surface area contributed by atoms with Crippen LogP contribution in [-0.4, -0.2) is 25.2 Å². The molecule has 4 nitrogen and oxygen atoms in total. The fourth-order valence-electron chi connectivity index (χ4n) is 2.25. The molecule has 1 saturated heterocycles. The van der Waals surface area contributed by atoms with Crippen molar-refractivity contribution in [2.75, 3.05) is 13.2 Å². The number of carbonyl (C=O) groups excluding carboxylic acids is 1. The number of carbonyl (C=O) groups is 1. The van der Waals surface area contributed by atoms with Gasteiger partial charge < -0.3 is 15.8 Å². The monoisotopic (exact) mass is 280 g/mol. The Hall–Kier alpha value is -1.46. The van der Waals surface area contributed by atoms with E-state index in [1.54, 1.807) is 19.9 Å². The van der Waals surface area contributed by atoms with Gasteiger partial charge in [0, 0.05) is 6.04 Å². The molecule has 0 bridgehead atoms. The van der Waals surface area contributed by atoms with E-state index in [0.717, 1.165) is 5.56 Å². The molecular formula is C15H21FN2O2. The Kier molecular flexibility index (Phi) is 4.11. The molecule has 3 atom stereocenters. The summed E-state index contributed by atoms with van der Waals surface area (Å²) >= 11 is 0. The molecule has 110 valence electrons. The number of hydrogen-bond donors (Lipinski definition) is 2. The maximum Gasteiger partial charge on any atom is 0.230 e. The smallest absolute Gasteiger partial charge is 0.230 e. The van der Waals surface area contributed by atoms with Crippen LogP contribution in [0, 0.1) is 18.2 Å². The van der Waals surface area contributed by atoms with Crippen LogP contribution in [0.5, 0.6) is 0 Å². The highest BCUT2D eigenvalue weighted by molar-refractivity contribution is 5.84. The minimum Gasteiger partial charge on any atom is -0.379 e. The molecule has 5 heteroatoms. The van der Waals surface area contributed by atoms with Gasteiger partial charge >= 0.3 is 0 Å². The molecule has 1 amide bonds. The molecule has 0 saturated carbocycles. The minimum absolute atomic E-state index is 0.156. The van der Waals surface area contributed by atoms with Gasteiger partial charge in [-0.05, 0) is 38.0 Å². The van der Waals surface area contributed by atoms with Crippen LogP contribution in [-0.2, 0) is 9.53 Å². The molecule has 3 N–H and O–H groups in total. The average Bonchev–Trinajstić information content (AvgIpc) is 2.74. The number of amides is 1. The number of nitrogens with two attached hydrogens (primary N) is 1. The predicted molar refractivity (Wildman–Crippen MR) is 74.6 cm³/mol. The average molecular weight is 280 g/mol. The van der Waals surface area contributed by atoms with Crippen molar-refractivity contribution in [3.63, 3.8) is 0 Å². The lowest BCUT2D eigenvalue weighted by atomic mass is 9.84. The summed E-state index contributed by atoms with van der Waals surface area (Å²) in [7, 11) is 0. The summed E-state index contributed by atoms with van der Waals surface area (Å²) in [6, 6.07) is 4.39. The first-order chi connectivity index (χ1) is 9.34. The minimum atomic E-state index is -0.725. The second kappa shape index (κ2) is 5.50. The van der Waals surface area contributed by atoms with Crippen molar-refractivity contribution in [2.45, 2.75) is 32.9 Å². The maximum atomic E-state index is 13.6. The Morgan fingerprint density at radius 3 is 2.85 bits per heavy atom. The highest BCUT2D eigenvalue weighted by atomic mass is 19.1. The molecule has 1 aromatic rings. The maximum absolute atomic E-state index is 13.6. The van der Waals surface area contributed by atoms with Crippen molar-refractivity contribution < 1.29 is 13.9 Å². The third-order valence-corrected chi connectivity index (χ3v) is 4.08. The van der Waals surface area contributed by atoms with E-state index in [2.05, 4.69) is 5.32 Å². The number of aryl methyl sites for hydroxylation is 1. The predicted octanol–water partition coefficient (Wildman–Crippen LogP) is 1.68. The van der Waals surface area contributed by atoms with Crippen molar-refractivity contribution in [3.8, 4) is 0 Å². The summed E-state index contributed by atoms with van der Waals surface area (Å²) in [5.74, 6) is -0.424. The van der Waals surface area contributed by atoms with Crippen LogP contribution in [0.2, 0.25) is 0 Å². The van der Waals surface area contributed by atoms with Gasteiger partial charge in [0.1, 0.15) is 5.82 Å². The van der Waals surface area contributed by atoms with E-state index in [1.807, 2.05) is 13.0 Å². The molecule has 3 unspecified atom stereocenters. The highest BCUT2D eigenvalue weighted by Gasteiger charge is 2.44. The van der Waals surface area contributed by atoms with E-state index in [1.165, 1.54) is 6.07 Å². The molecule has 1 heterocycles. The number of halogens is 1. The van der Waals surface area contributed by atoms with Gasteiger partial charge in [-0.3, -0.25) is 4.79 Å². The Morgan fingerprint density at radius 1 is 1.60 bits per heavy atom. The Morgan fingerprint density at radius 2 is 2.30 bits per heavy atom. The molecule has 0 aromatic heterocycles. The molecule has 2 rings (SSSR count). The van der Waals surface area contributed by atoms with Crippen LogP contribution < -0.4 is 11.1 Å². The fourth-order valence-corrected chi connectivity index (χ4v) is 2.25. The van der Waals surface area contributed by atoms with Gasteiger partial charge in [-0.1, -0.05) is 12.1 Å². The van der Waals surface area contributed by atoms with E-state index >= 15 is 0 Å². The van der Waals surface area contributed by atoms with Gasteiger partial charge in [-0.25, -0.2) is 4.39 Å². The first-order valence-electron chi connectivity index (χ1n) is 6.75. The number of ether oxygens (including phenoxy) is 1. The molecule has 1 aliphatic rings. The first kappa shape index (κ1) is 14.9. The zero-order valence-corrected chi connectivity index (χ0v) is 12.1. The zero-order chi connectivity index (χ0) is 14.9. The zero-order valence-electron chi connectivity index (χ0n) is 12.1. The van der Waals surface area contributed by atoms with Gasteiger partial charge in [0.25, 0.3) is 0 Å². The number of nitrogens with one attached hydrogen (secondary N) is 1. The normalized spacial score (nSPS) is 27.4. The Labute approximate surface area is 118 Å². The molecule has 1 fully saturated rings. The lowest BCUT2D eigenvalue weighted by Crippen LogP contribution is -2.50. The second-order valence-electron chi connectivity index (χ2n) is 5.74. The van der Waals surface area contributed by atoms with Crippen LogP contribution in [0.1, 0.15) is 31.0 Å². The lowest BCUT2D eigenvalue weighted by molar-refractivity contribution is -0.131. The largest absolute Gasteiger partial charge is 0.379 e. The number of benzene rings is 1. The third kappa shape index (κ3) is 2.69. The molecule has 0 spiro atoms. The molecule has 0 radical (unpaired) electrons.